The molecule has 0 aromatic heterocycles. The van der Waals surface area contributed by atoms with Gasteiger partial charge in [0.2, 0.25) is 5.96 Å². The van der Waals surface area contributed by atoms with Crippen molar-refractivity contribution >= 4 is 11.6 Å². The number of hydrogen-bond acceptors (Lipinski definition) is 3. The Balaban J connectivity index is 2.61. The normalized spacial score (nSPS) is 11.4. The van der Waals surface area contributed by atoms with Gasteiger partial charge in [-0.3, -0.25) is 10.4 Å². The molecule has 0 unspecified atom stereocenters. The van der Waals surface area contributed by atoms with Gasteiger partial charge in [0.05, 0.1) is 0 Å². The van der Waals surface area contributed by atoms with Gasteiger partial charge in [-0.15, -0.1) is 0 Å². The van der Waals surface area contributed by atoms with E-state index in [9.17, 15) is 0 Å². The van der Waals surface area contributed by atoms with E-state index in [-0.39, 0.29) is 0 Å². The minimum atomic E-state index is 0.568. The van der Waals surface area contributed by atoms with E-state index in [0.717, 1.165) is 17.7 Å². The second-order valence-electron chi connectivity index (χ2n) is 4.16. The first kappa shape index (κ1) is 14.5. The van der Waals surface area contributed by atoms with Crippen LogP contribution in [0, 0.1) is 13.8 Å². The highest BCUT2D eigenvalue weighted by atomic mass is 16.5. The molecule has 0 aliphatic heterocycles. The second kappa shape index (κ2) is 7.68. The largest absolute Gasteiger partial charge is 0.385 e. The van der Waals surface area contributed by atoms with E-state index in [2.05, 4.69) is 28.7 Å². The Kier molecular flexibility index (Phi) is 6.18. The van der Waals surface area contributed by atoms with Crippen LogP contribution in [0.15, 0.2) is 23.2 Å². The van der Waals surface area contributed by atoms with Gasteiger partial charge in [-0.05, 0) is 31.9 Å². The van der Waals surface area contributed by atoms with Crippen molar-refractivity contribution in [2.75, 3.05) is 25.6 Å². The number of anilines is 1. The van der Waals surface area contributed by atoms with Crippen LogP contribution in [0.25, 0.3) is 0 Å². The van der Waals surface area contributed by atoms with Gasteiger partial charge in [-0.1, -0.05) is 17.7 Å². The summed E-state index contributed by atoms with van der Waals surface area (Å²) in [5.74, 6) is 6.01. The first-order valence-electron chi connectivity index (χ1n) is 6.01. The summed E-state index contributed by atoms with van der Waals surface area (Å²) < 4.78 is 4.97. The molecule has 0 aliphatic rings. The van der Waals surface area contributed by atoms with Crippen molar-refractivity contribution < 1.29 is 4.74 Å². The number of nitrogens with zero attached hydrogens (tertiary/aromatic N) is 1. The van der Waals surface area contributed by atoms with Crippen molar-refractivity contribution in [2.45, 2.75) is 20.3 Å². The van der Waals surface area contributed by atoms with Gasteiger partial charge in [0, 0.05) is 25.9 Å². The summed E-state index contributed by atoms with van der Waals surface area (Å²) in [6, 6.07) is 6.18. The highest BCUT2D eigenvalue weighted by Crippen LogP contribution is 2.15. The van der Waals surface area contributed by atoms with E-state index in [1.165, 1.54) is 5.56 Å². The Morgan fingerprint density at radius 3 is 2.78 bits per heavy atom. The molecular formula is C13H22N4O. The van der Waals surface area contributed by atoms with Gasteiger partial charge in [-0.25, -0.2) is 5.84 Å². The number of ether oxygens (including phenoxy) is 1. The summed E-state index contributed by atoms with van der Waals surface area (Å²) in [7, 11) is 1.68. The molecule has 5 nitrogen and oxygen atoms in total. The van der Waals surface area contributed by atoms with Crippen molar-refractivity contribution in [1.82, 2.24) is 5.43 Å². The number of nitrogens with two attached hydrogens (primary N) is 1. The Labute approximate surface area is 108 Å². The highest BCUT2D eigenvalue weighted by Gasteiger charge is 2.01. The lowest BCUT2D eigenvalue weighted by Crippen LogP contribution is -2.36. The van der Waals surface area contributed by atoms with Gasteiger partial charge in [-0.2, -0.15) is 0 Å². The van der Waals surface area contributed by atoms with Crippen LogP contribution in [0.1, 0.15) is 17.5 Å². The van der Waals surface area contributed by atoms with Gasteiger partial charge < -0.3 is 10.1 Å². The van der Waals surface area contributed by atoms with Gasteiger partial charge >= 0.3 is 0 Å². The number of guanidine groups is 1. The van der Waals surface area contributed by atoms with E-state index in [1.54, 1.807) is 7.11 Å². The van der Waals surface area contributed by atoms with E-state index >= 15 is 0 Å². The fourth-order valence-electron chi connectivity index (χ4n) is 1.60. The van der Waals surface area contributed by atoms with Crippen LogP contribution in [-0.4, -0.2) is 26.2 Å². The lowest BCUT2D eigenvalue weighted by molar-refractivity contribution is 0.197. The molecule has 0 bridgehead atoms. The molecule has 0 radical (unpaired) electrons. The molecule has 1 aromatic carbocycles. The zero-order chi connectivity index (χ0) is 13.4. The lowest BCUT2D eigenvalue weighted by Gasteiger charge is -2.12. The van der Waals surface area contributed by atoms with Crippen LogP contribution < -0.4 is 16.6 Å². The summed E-state index contributed by atoms with van der Waals surface area (Å²) in [4.78, 5) is 4.33. The number of hydrogen-bond donors (Lipinski definition) is 3. The van der Waals surface area contributed by atoms with Crippen LogP contribution in [0.3, 0.4) is 0 Å². The van der Waals surface area contributed by atoms with Crippen LogP contribution in [0.5, 0.6) is 0 Å². The van der Waals surface area contributed by atoms with E-state index < -0.39 is 0 Å². The third-order valence-corrected chi connectivity index (χ3v) is 2.55. The van der Waals surface area contributed by atoms with Crippen molar-refractivity contribution in [2.24, 2.45) is 10.8 Å². The second-order valence-corrected chi connectivity index (χ2v) is 4.16. The first-order chi connectivity index (χ1) is 8.67. The summed E-state index contributed by atoms with van der Waals surface area (Å²) >= 11 is 0. The number of benzene rings is 1. The molecule has 0 saturated carbocycles. The highest BCUT2D eigenvalue weighted by molar-refractivity contribution is 5.93. The summed E-state index contributed by atoms with van der Waals surface area (Å²) in [6.45, 7) is 5.49. The Bertz CT molecular complexity index is 404. The molecule has 0 spiro atoms. The van der Waals surface area contributed by atoms with Gasteiger partial charge in [0.25, 0.3) is 0 Å². The minimum absolute atomic E-state index is 0.568. The summed E-state index contributed by atoms with van der Waals surface area (Å²) in [6.07, 6.45) is 0.871. The molecule has 1 rings (SSSR count). The van der Waals surface area contributed by atoms with Crippen molar-refractivity contribution in [3.8, 4) is 0 Å². The fraction of sp³-hybridized carbons (Fsp3) is 0.462. The maximum atomic E-state index is 5.44. The van der Waals surface area contributed by atoms with Crippen molar-refractivity contribution in [1.29, 1.82) is 0 Å². The molecule has 0 aliphatic carbocycles. The van der Waals surface area contributed by atoms with E-state index in [1.807, 2.05) is 19.1 Å². The molecule has 1 aromatic rings. The molecule has 0 heterocycles. The quantitative estimate of drug-likeness (QED) is 0.244. The van der Waals surface area contributed by atoms with Gasteiger partial charge in [0.1, 0.15) is 0 Å². The molecule has 0 fully saturated rings. The molecule has 0 amide bonds. The van der Waals surface area contributed by atoms with E-state index in [4.69, 9.17) is 10.6 Å². The maximum Gasteiger partial charge on any atom is 0.210 e. The van der Waals surface area contributed by atoms with E-state index in [0.29, 0.717) is 19.1 Å². The molecule has 100 valence electrons. The Morgan fingerprint density at radius 2 is 2.17 bits per heavy atom. The van der Waals surface area contributed by atoms with Crippen LogP contribution in [0.2, 0.25) is 0 Å². The summed E-state index contributed by atoms with van der Waals surface area (Å²) in [5, 5.41) is 3.17. The molecule has 0 atom stereocenters. The summed E-state index contributed by atoms with van der Waals surface area (Å²) in [5.41, 5.74) is 5.97. The third-order valence-electron chi connectivity index (χ3n) is 2.55. The minimum Gasteiger partial charge on any atom is -0.385 e. The fourth-order valence-corrected chi connectivity index (χ4v) is 1.60. The number of rotatable bonds is 5. The first-order valence-corrected chi connectivity index (χ1v) is 6.01. The van der Waals surface area contributed by atoms with Gasteiger partial charge in [0.15, 0.2) is 0 Å². The zero-order valence-corrected chi connectivity index (χ0v) is 11.3. The van der Waals surface area contributed by atoms with Crippen molar-refractivity contribution in [3.05, 3.63) is 29.3 Å². The Morgan fingerprint density at radius 1 is 1.39 bits per heavy atom. The predicted octanol–water partition coefficient (Wildman–Crippen LogP) is 1.57. The molecule has 4 N–H and O–H groups in total. The smallest absolute Gasteiger partial charge is 0.210 e. The van der Waals surface area contributed by atoms with Crippen molar-refractivity contribution in [3.63, 3.8) is 0 Å². The third kappa shape index (κ3) is 4.73. The molecule has 5 heteroatoms. The Hall–Kier alpha value is -1.59. The molecular weight excluding hydrogens is 228 g/mol. The average molecular weight is 250 g/mol. The number of nitrogens with one attached hydrogen (secondary N) is 2. The SMILES string of the molecule is COCCCN=C(NN)Nc1ccc(C)cc1C. The number of hydrazine groups is 1. The van der Waals surface area contributed by atoms with Crippen LogP contribution in [0.4, 0.5) is 5.69 Å². The predicted molar refractivity (Wildman–Crippen MR) is 75.7 cm³/mol. The van der Waals surface area contributed by atoms with Crippen LogP contribution >= 0.6 is 0 Å². The topological polar surface area (TPSA) is 71.7 Å². The standard InChI is InChI=1S/C13H22N4O/c1-10-5-6-12(11(2)9-10)16-13(17-14)15-7-4-8-18-3/h5-6,9H,4,7-8,14H2,1-3H3,(H2,15,16,17). The van der Waals surface area contributed by atoms with Crippen LogP contribution in [-0.2, 0) is 4.74 Å². The maximum absolute atomic E-state index is 5.44. The monoisotopic (exact) mass is 250 g/mol. The number of methoxy groups -OCH3 is 1. The molecule has 18 heavy (non-hydrogen) atoms. The zero-order valence-electron chi connectivity index (χ0n) is 11.3. The molecule has 0 saturated heterocycles. The average Bonchev–Trinajstić information content (AvgIpc) is 2.35. The number of aliphatic imine (C=N–C) groups is 1. The lowest BCUT2D eigenvalue weighted by atomic mass is 10.1. The number of aryl methyl sites for hydroxylation is 2.